The Balaban J connectivity index is 2.01. The van der Waals surface area contributed by atoms with Crippen molar-refractivity contribution in [2.75, 3.05) is 26.9 Å². The van der Waals surface area contributed by atoms with Crippen LogP contribution < -0.4 is 19.3 Å². The van der Waals surface area contributed by atoms with Crippen LogP contribution in [0.3, 0.4) is 0 Å². The average Bonchev–Trinajstić information content (AvgIpc) is 2.72. The highest BCUT2D eigenvalue weighted by Gasteiger charge is 2.30. The zero-order chi connectivity index (χ0) is 22.4. The lowest BCUT2D eigenvalue weighted by atomic mass is 9.89. The Morgan fingerprint density at radius 1 is 1.16 bits per heavy atom. The molecule has 0 bridgehead atoms. The molecule has 0 saturated carbocycles. The lowest BCUT2D eigenvalue weighted by molar-refractivity contribution is 0.119. The number of fused-ring (bicyclic) bond motifs is 3. The molecule has 0 fully saturated rings. The van der Waals surface area contributed by atoms with Gasteiger partial charge in [-0.05, 0) is 23.3 Å². The molecule has 0 aliphatic carbocycles. The molecule has 3 rings (SSSR count). The third-order valence-electron chi connectivity index (χ3n) is 4.76. The summed E-state index contributed by atoms with van der Waals surface area (Å²) in [6.07, 6.45) is 3.71. The van der Waals surface area contributed by atoms with E-state index in [9.17, 15) is 8.42 Å². The third-order valence-corrected chi connectivity index (χ3v) is 5.49. The summed E-state index contributed by atoms with van der Waals surface area (Å²) in [5, 5.41) is 5.23. The van der Waals surface area contributed by atoms with Crippen LogP contribution in [0.4, 0.5) is 0 Å². The molecule has 1 unspecified atom stereocenters. The fraction of sp³-hybridized carbons (Fsp3) is 0.304. The van der Waals surface area contributed by atoms with E-state index in [-0.39, 0.29) is 11.9 Å². The average molecular weight is 446 g/mol. The summed E-state index contributed by atoms with van der Waals surface area (Å²) in [7, 11) is -2.08. The third kappa shape index (κ3) is 5.46. The van der Waals surface area contributed by atoms with E-state index in [2.05, 4.69) is 13.2 Å². The molecule has 1 aliphatic heterocycles. The highest BCUT2D eigenvalue weighted by Crippen LogP contribution is 2.51. The van der Waals surface area contributed by atoms with E-state index in [4.69, 9.17) is 24.1 Å². The molecule has 2 aromatic rings. The summed E-state index contributed by atoms with van der Waals surface area (Å²) in [5.41, 5.74) is 3.08. The molecule has 0 radical (unpaired) electrons. The molecule has 7 nitrogen and oxygen atoms in total. The van der Waals surface area contributed by atoms with Gasteiger partial charge in [-0.3, -0.25) is 0 Å². The van der Waals surface area contributed by atoms with Gasteiger partial charge < -0.3 is 18.9 Å². The molecule has 1 heterocycles. The van der Waals surface area contributed by atoms with Gasteiger partial charge in [0.15, 0.2) is 11.5 Å². The summed E-state index contributed by atoms with van der Waals surface area (Å²) >= 11 is 0. The molecule has 1 atom stereocenters. The second-order valence-corrected chi connectivity index (χ2v) is 8.66. The van der Waals surface area contributed by atoms with Gasteiger partial charge in [-0.15, -0.1) is 13.2 Å². The van der Waals surface area contributed by atoms with Crippen LogP contribution in [0.5, 0.6) is 17.2 Å². The first-order valence-corrected chi connectivity index (χ1v) is 11.5. The highest BCUT2D eigenvalue weighted by atomic mass is 32.2. The van der Waals surface area contributed by atoms with Crippen molar-refractivity contribution >= 4 is 10.0 Å². The molecule has 0 saturated heterocycles. The fourth-order valence-electron chi connectivity index (χ4n) is 3.56. The first kappa shape index (κ1) is 22.9. The summed E-state index contributed by atoms with van der Waals surface area (Å²) in [4.78, 5) is 0. The maximum atomic E-state index is 11.6. The largest absolute Gasteiger partial charge is 0.492 e. The number of hydrogen-bond acceptors (Lipinski definition) is 6. The van der Waals surface area contributed by atoms with Gasteiger partial charge in [0.1, 0.15) is 18.5 Å². The summed E-state index contributed by atoms with van der Waals surface area (Å²) in [6.45, 7) is 8.64. The number of primary sulfonamides is 1. The van der Waals surface area contributed by atoms with Crippen LogP contribution in [0.15, 0.2) is 55.6 Å². The Hall–Kier alpha value is -2.81. The highest BCUT2D eigenvalue weighted by molar-refractivity contribution is 7.88. The Kier molecular flexibility index (Phi) is 7.37. The zero-order valence-electron chi connectivity index (χ0n) is 17.5. The van der Waals surface area contributed by atoms with Gasteiger partial charge in [0.25, 0.3) is 0 Å². The smallest absolute Gasteiger partial charge is 0.213 e. The molecule has 31 heavy (non-hydrogen) atoms. The summed E-state index contributed by atoms with van der Waals surface area (Å²) in [5.74, 6) is 1.51. The number of nitrogens with two attached hydrogens (primary N) is 1. The lowest BCUT2D eigenvalue weighted by Crippen LogP contribution is -2.17. The van der Waals surface area contributed by atoms with E-state index in [0.29, 0.717) is 49.1 Å². The van der Waals surface area contributed by atoms with Crippen LogP contribution in [0.2, 0.25) is 0 Å². The Morgan fingerprint density at radius 3 is 2.65 bits per heavy atom. The Bertz CT molecular complexity index is 1060. The second-order valence-electron chi connectivity index (χ2n) is 7.04. The van der Waals surface area contributed by atoms with E-state index in [1.165, 1.54) is 0 Å². The van der Waals surface area contributed by atoms with Crippen molar-refractivity contribution in [3.63, 3.8) is 0 Å². The minimum Gasteiger partial charge on any atom is -0.492 e. The van der Waals surface area contributed by atoms with Crippen LogP contribution in [-0.2, 0) is 20.5 Å². The standard InChI is InChI=1S/C23H27NO6S/c1-4-6-19-18-14-16(15-31(24,25)26)7-8-17(18)22-20(30-19)9-10-21(23(22)27-3)29-13-12-28-11-5-2/h4-5,7-10,14,19H,1-2,6,11-13,15H2,3H3,(H2,24,25,26). The predicted octanol–water partition coefficient (Wildman–Crippen LogP) is 3.74. The Morgan fingerprint density at radius 2 is 1.97 bits per heavy atom. The van der Waals surface area contributed by atoms with E-state index >= 15 is 0 Å². The SMILES string of the molecule is C=CCOCCOc1ccc2c(c1OC)-c1ccc(CS(N)(=O)=O)cc1C(CC=C)O2. The van der Waals surface area contributed by atoms with Crippen molar-refractivity contribution in [3.05, 3.63) is 66.8 Å². The van der Waals surface area contributed by atoms with Gasteiger partial charge >= 0.3 is 0 Å². The van der Waals surface area contributed by atoms with Crippen molar-refractivity contribution in [1.82, 2.24) is 0 Å². The zero-order valence-corrected chi connectivity index (χ0v) is 18.3. The van der Waals surface area contributed by atoms with E-state index < -0.39 is 10.0 Å². The van der Waals surface area contributed by atoms with Crippen LogP contribution in [0.25, 0.3) is 11.1 Å². The molecule has 0 amide bonds. The van der Waals surface area contributed by atoms with E-state index in [1.54, 1.807) is 31.4 Å². The number of benzene rings is 2. The minimum atomic E-state index is -3.65. The molecule has 0 spiro atoms. The van der Waals surface area contributed by atoms with E-state index in [1.807, 2.05) is 18.2 Å². The number of ether oxygens (including phenoxy) is 4. The second kappa shape index (κ2) is 10.00. The van der Waals surface area contributed by atoms with Crippen LogP contribution in [0, 0.1) is 0 Å². The van der Waals surface area contributed by atoms with Crippen molar-refractivity contribution in [2.24, 2.45) is 5.14 Å². The molecule has 2 aromatic carbocycles. The van der Waals surface area contributed by atoms with Crippen molar-refractivity contribution in [3.8, 4) is 28.4 Å². The molecule has 2 N–H and O–H groups in total. The van der Waals surface area contributed by atoms with Crippen molar-refractivity contribution in [1.29, 1.82) is 0 Å². The van der Waals surface area contributed by atoms with Crippen molar-refractivity contribution < 1.29 is 27.4 Å². The van der Waals surface area contributed by atoms with Crippen LogP contribution in [0.1, 0.15) is 23.7 Å². The van der Waals surface area contributed by atoms with Gasteiger partial charge in [-0.25, -0.2) is 13.6 Å². The lowest BCUT2D eigenvalue weighted by Gasteiger charge is -2.30. The molecule has 8 heteroatoms. The molecular formula is C23H27NO6S. The van der Waals surface area contributed by atoms with Gasteiger partial charge in [0.2, 0.25) is 10.0 Å². The Labute approximate surface area is 183 Å². The van der Waals surface area contributed by atoms with Gasteiger partial charge in [0.05, 0.1) is 31.6 Å². The van der Waals surface area contributed by atoms with E-state index in [0.717, 1.165) is 16.7 Å². The number of rotatable bonds is 11. The maximum Gasteiger partial charge on any atom is 0.213 e. The van der Waals surface area contributed by atoms with Crippen LogP contribution in [-0.4, -0.2) is 35.3 Å². The summed E-state index contributed by atoms with van der Waals surface area (Å²) in [6, 6.07) is 9.07. The van der Waals surface area contributed by atoms with Crippen LogP contribution >= 0.6 is 0 Å². The predicted molar refractivity (Wildman–Crippen MR) is 120 cm³/mol. The minimum absolute atomic E-state index is 0.251. The van der Waals surface area contributed by atoms with Crippen molar-refractivity contribution in [2.45, 2.75) is 18.3 Å². The maximum absolute atomic E-state index is 11.6. The summed E-state index contributed by atoms with van der Waals surface area (Å²) < 4.78 is 46.3. The first-order chi connectivity index (χ1) is 14.9. The quantitative estimate of drug-likeness (QED) is 0.418. The molecular weight excluding hydrogens is 418 g/mol. The monoisotopic (exact) mass is 445 g/mol. The van der Waals surface area contributed by atoms with Gasteiger partial charge in [-0.1, -0.05) is 30.4 Å². The van der Waals surface area contributed by atoms with Gasteiger partial charge in [-0.2, -0.15) is 0 Å². The number of hydrogen-bond donors (Lipinski definition) is 1. The number of methoxy groups -OCH3 is 1. The molecule has 0 aromatic heterocycles. The van der Waals surface area contributed by atoms with Gasteiger partial charge in [0, 0.05) is 12.0 Å². The topological polar surface area (TPSA) is 97.1 Å². The first-order valence-electron chi connectivity index (χ1n) is 9.81. The fourth-order valence-corrected chi connectivity index (χ4v) is 4.21. The normalized spacial score (nSPS) is 14.7. The molecule has 1 aliphatic rings. The number of sulfonamides is 1. The molecule has 166 valence electrons.